The van der Waals surface area contributed by atoms with Crippen LogP contribution in [-0.2, 0) is 6.18 Å². The van der Waals surface area contributed by atoms with Gasteiger partial charge in [-0.25, -0.2) is 4.79 Å². The molecule has 4 rings (SSSR count). The van der Waals surface area contributed by atoms with Gasteiger partial charge in [-0.2, -0.15) is 13.2 Å². The van der Waals surface area contributed by atoms with Crippen molar-refractivity contribution in [2.24, 2.45) is 0 Å². The molecule has 8 heteroatoms. The fourth-order valence-electron chi connectivity index (χ4n) is 3.12. The second-order valence-corrected chi connectivity index (χ2v) is 7.00. The maximum absolute atomic E-state index is 13.2. The van der Waals surface area contributed by atoms with Gasteiger partial charge in [-0.1, -0.05) is 18.2 Å². The van der Waals surface area contributed by atoms with Gasteiger partial charge in [-0.05, 0) is 37.1 Å². The van der Waals surface area contributed by atoms with E-state index in [2.05, 4.69) is 10.2 Å². The van der Waals surface area contributed by atoms with E-state index < -0.39 is 17.8 Å². The third-order valence-electron chi connectivity index (χ3n) is 4.68. The minimum absolute atomic E-state index is 0.0378. The van der Waals surface area contributed by atoms with E-state index in [1.807, 2.05) is 0 Å². The number of ether oxygens (including phenoxy) is 2. The number of alkyl halides is 3. The lowest BCUT2D eigenvalue weighted by Gasteiger charge is -2.39. The number of hydrogen-bond donors (Lipinski definition) is 1. The summed E-state index contributed by atoms with van der Waals surface area (Å²) in [6.07, 6.45) is -3.23. The van der Waals surface area contributed by atoms with Crippen LogP contribution in [0.25, 0.3) is 0 Å². The van der Waals surface area contributed by atoms with E-state index in [0.29, 0.717) is 19.1 Å². The molecule has 0 aromatic heterocycles. The fourth-order valence-corrected chi connectivity index (χ4v) is 3.12. The van der Waals surface area contributed by atoms with Gasteiger partial charge in [0.1, 0.15) is 17.6 Å². The summed E-state index contributed by atoms with van der Waals surface area (Å²) in [5, 5.41) is 2.34. The Morgan fingerprint density at radius 1 is 1.04 bits per heavy atom. The van der Waals surface area contributed by atoms with Crippen LogP contribution in [0.4, 0.5) is 23.7 Å². The van der Waals surface area contributed by atoms with Crippen LogP contribution in [0.15, 0.2) is 48.5 Å². The standard InChI is InChI=1S/C20H19F3N2O3/c21-20(22,23)13-8-14(24-19(26)28-16-4-2-1-3-5-16)10-17(9-13)27-18-11-25(12-18)15-6-7-15/h1-5,8-10,15,18H,6-7,11-12H2,(H,24,26). The molecule has 0 unspecified atom stereocenters. The quantitative estimate of drug-likeness (QED) is 0.812. The molecule has 0 spiro atoms. The lowest BCUT2D eigenvalue weighted by molar-refractivity contribution is -0.137. The van der Waals surface area contributed by atoms with Gasteiger partial charge in [0.05, 0.1) is 5.56 Å². The van der Waals surface area contributed by atoms with Crippen LogP contribution >= 0.6 is 0 Å². The number of carbonyl (C=O) groups is 1. The first-order chi connectivity index (χ1) is 13.4. The van der Waals surface area contributed by atoms with Crippen LogP contribution < -0.4 is 14.8 Å². The van der Waals surface area contributed by atoms with E-state index in [4.69, 9.17) is 9.47 Å². The topological polar surface area (TPSA) is 50.8 Å². The molecule has 1 saturated heterocycles. The van der Waals surface area contributed by atoms with Gasteiger partial charge in [-0.3, -0.25) is 10.2 Å². The molecule has 2 aromatic rings. The first kappa shape index (κ1) is 18.6. The van der Waals surface area contributed by atoms with Crippen molar-refractivity contribution in [1.29, 1.82) is 0 Å². The smallest absolute Gasteiger partial charge is 0.417 e. The highest BCUT2D eigenvalue weighted by molar-refractivity contribution is 5.86. The maximum atomic E-state index is 13.2. The molecule has 1 aliphatic carbocycles. The molecule has 1 aliphatic heterocycles. The third kappa shape index (κ3) is 4.56. The first-order valence-electron chi connectivity index (χ1n) is 9.04. The molecule has 28 heavy (non-hydrogen) atoms. The molecule has 2 aromatic carbocycles. The van der Waals surface area contributed by atoms with Gasteiger partial charge in [0.15, 0.2) is 0 Å². The van der Waals surface area contributed by atoms with Crippen LogP contribution in [0.5, 0.6) is 11.5 Å². The van der Waals surface area contributed by atoms with Crippen molar-refractivity contribution in [2.45, 2.75) is 31.2 Å². The zero-order chi connectivity index (χ0) is 19.7. The minimum atomic E-state index is -4.56. The molecular weight excluding hydrogens is 373 g/mol. The monoisotopic (exact) mass is 392 g/mol. The first-order valence-corrected chi connectivity index (χ1v) is 9.04. The highest BCUT2D eigenvalue weighted by atomic mass is 19.4. The number of halogens is 3. The second kappa shape index (κ2) is 7.35. The molecule has 0 bridgehead atoms. The molecular formula is C20H19F3N2O3. The van der Waals surface area contributed by atoms with Crippen LogP contribution in [0.3, 0.4) is 0 Å². The Morgan fingerprint density at radius 3 is 2.39 bits per heavy atom. The lowest BCUT2D eigenvalue weighted by atomic mass is 10.1. The van der Waals surface area contributed by atoms with Gasteiger partial charge in [0, 0.05) is 30.9 Å². The van der Waals surface area contributed by atoms with Crippen molar-refractivity contribution >= 4 is 11.8 Å². The van der Waals surface area contributed by atoms with Gasteiger partial charge >= 0.3 is 12.3 Å². The van der Waals surface area contributed by atoms with E-state index in [1.54, 1.807) is 30.3 Å². The molecule has 5 nitrogen and oxygen atoms in total. The average Bonchev–Trinajstić information content (AvgIpc) is 3.42. The van der Waals surface area contributed by atoms with Crippen molar-refractivity contribution in [3.63, 3.8) is 0 Å². The summed E-state index contributed by atoms with van der Waals surface area (Å²) in [4.78, 5) is 14.3. The normalized spacial score (nSPS) is 17.7. The fraction of sp³-hybridized carbons (Fsp3) is 0.350. The summed E-state index contributed by atoms with van der Waals surface area (Å²) in [7, 11) is 0. The third-order valence-corrected chi connectivity index (χ3v) is 4.68. The number of nitrogens with zero attached hydrogens (tertiary/aromatic N) is 1. The van der Waals surface area contributed by atoms with Crippen LogP contribution in [0.1, 0.15) is 18.4 Å². The van der Waals surface area contributed by atoms with Crippen molar-refractivity contribution < 1.29 is 27.4 Å². The highest BCUT2D eigenvalue weighted by Gasteiger charge is 2.39. The predicted molar refractivity (Wildman–Crippen MR) is 96.5 cm³/mol. The Bertz CT molecular complexity index is 848. The highest BCUT2D eigenvalue weighted by Crippen LogP contribution is 2.36. The number of carbonyl (C=O) groups excluding carboxylic acids is 1. The summed E-state index contributed by atoms with van der Waals surface area (Å²) in [6, 6.07) is 12.1. The summed E-state index contributed by atoms with van der Waals surface area (Å²) in [5.41, 5.74) is -0.928. The molecule has 2 aliphatic rings. The van der Waals surface area contributed by atoms with Gasteiger partial charge in [0.25, 0.3) is 0 Å². The number of rotatable bonds is 5. The Morgan fingerprint density at radius 2 is 1.75 bits per heavy atom. The molecule has 1 amide bonds. The number of amides is 1. The van der Waals surface area contributed by atoms with E-state index in [0.717, 1.165) is 12.1 Å². The molecule has 1 saturated carbocycles. The number of hydrogen-bond acceptors (Lipinski definition) is 4. The molecule has 0 radical (unpaired) electrons. The van der Waals surface area contributed by atoms with E-state index in [-0.39, 0.29) is 23.3 Å². The van der Waals surface area contributed by atoms with Crippen molar-refractivity contribution in [1.82, 2.24) is 4.90 Å². The van der Waals surface area contributed by atoms with Crippen molar-refractivity contribution in [3.8, 4) is 11.5 Å². The van der Waals surface area contributed by atoms with Crippen LogP contribution in [-0.4, -0.2) is 36.2 Å². The molecule has 0 atom stereocenters. The van der Waals surface area contributed by atoms with Gasteiger partial charge < -0.3 is 9.47 Å². The summed E-state index contributed by atoms with van der Waals surface area (Å²) >= 11 is 0. The molecule has 1 N–H and O–H groups in total. The van der Waals surface area contributed by atoms with E-state index in [1.165, 1.54) is 18.9 Å². The Kier molecular flexibility index (Phi) is 4.89. The van der Waals surface area contributed by atoms with Crippen molar-refractivity contribution in [2.75, 3.05) is 18.4 Å². The van der Waals surface area contributed by atoms with Crippen molar-refractivity contribution in [3.05, 3.63) is 54.1 Å². The molecule has 2 fully saturated rings. The predicted octanol–water partition coefficient (Wildman–Crippen LogP) is 4.54. The van der Waals surface area contributed by atoms with E-state index in [9.17, 15) is 18.0 Å². The number of para-hydroxylation sites is 1. The Labute approximate surface area is 160 Å². The molecule has 148 valence electrons. The summed E-state index contributed by atoms with van der Waals surface area (Å²) in [5.74, 6) is 0.364. The number of benzene rings is 2. The minimum Gasteiger partial charge on any atom is -0.488 e. The zero-order valence-corrected chi connectivity index (χ0v) is 14.9. The second-order valence-electron chi connectivity index (χ2n) is 7.00. The Balaban J connectivity index is 1.45. The molecule has 1 heterocycles. The summed E-state index contributed by atoms with van der Waals surface area (Å²) < 4.78 is 50.5. The maximum Gasteiger partial charge on any atom is 0.417 e. The van der Waals surface area contributed by atoms with Crippen LogP contribution in [0, 0.1) is 0 Å². The number of nitrogens with one attached hydrogen (secondary N) is 1. The Hall–Kier alpha value is -2.74. The lowest BCUT2D eigenvalue weighted by Crippen LogP contribution is -2.54. The summed E-state index contributed by atoms with van der Waals surface area (Å²) in [6.45, 7) is 1.42. The zero-order valence-electron chi connectivity index (χ0n) is 14.9. The largest absolute Gasteiger partial charge is 0.488 e. The van der Waals surface area contributed by atoms with Crippen LogP contribution in [0.2, 0.25) is 0 Å². The number of anilines is 1. The van der Waals surface area contributed by atoms with Gasteiger partial charge in [0.2, 0.25) is 0 Å². The number of likely N-dealkylation sites (tertiary alicyclic amines) is 1. The van der Waals surface area contributed by atoms with Gasteiger partial charge in [-0.15, -0.1) is 0 Å². The SMILES string of the molecule is O=C(Nc1cc(OC2CN(C3CC3)C2)cc(C(F)(F)F)c1)Oc1ccccc1. The average molecular weight is 392 g/mol. The van der Waals surface area contributed by atoms with E-state index >= 15 is 0 Å².